The Kier molecular flexibility index (Phi) is 5.49. The Balaban J connectivity index is 2.60. The first-order chi connectivity index (χ1) is 8.04. The van der Waals surface area contributed by atoms with Crippen LogP contribution in [0.5, 0.6) is 5.75 Å². The molecule has 0 bridgehead atoms. The Hall–Kier alpha value is -1.02. The van der Waals surface area contributed by atoms with E-state index in [1.165, 1.54) is 5.56 Å². The molecule has 0 saturated heterocycles. The van der Waals surface area contributed by atoms with Gasteiger partial charge in [0.15, 0.2) is 0 Å². The Morgan fingerprint density at radius 1 is 1.06 bits per heavy atom. The lowest BCUT2D eigenvalue weighted by Gasteiger charge is -2.23. The van der Waals surface area contributed by atoms with E-state index in [1.807, 2.05) is 19.1 Å². The molecule has 0 saturated carbocycles. The topological polar surface area (TPSA) is 21.3 Å². The molecule has 0 heterocycles. The van der Waals surface area contributed by atoms with Crippen molar-refractivity contribution in [1.82, 2.24) is 5.32 Å². The van der Waals surface area contributed by atoms with Gasteiger partial charge in [0, 0.05) is 12.1 Å². The summed E-state index contributed by atoms with van der Waals surface area (Å²) in [5.41, 5.74) is 1.31. The number of benzene rings is 1. The maximum atomic E-state index is 5.44. The smallest absolute Gasteiger partial charge is 0.119 e. The highest BCUT2D eigenvalue weighted by molar-refractivity contribution is 5.28. The van der Waals surface area contributed by atoms with Crippen LogP contribution in [-0.2, 0) is 0 Å². The minimum atomic E-state index is 0.378. The van der Waals surface area contributed by atoms with Crippen molar-refractivity contribution in [3.05, 3.63) is 29.8 Å². The van der Waals surface area contributed by atoms with Crippen LogP contribution in [0.1, 0.15) is 46.2 Å². The molecule has 0 radical (unpaired) electrons. The van der Waals surface area contributed by atoms with E-state index in [0.29, 0.717) is 18.0 Å². The zero-order chi connectivity index (χ0) is 12.8. The molecule has 1 rings (SSSR count). The van der Waals surface area contributed by atoms with Crippen LogP contribution < -0.4 is 10.1 Å². The Bertz CT molecular complexity index is 318. The maximum absolute atomic E-state index is 5.44. The fourth-order valence-corrected chi connectivity index (χ4v) is 1.70. The van der Waals surface area contributed by atoms with Crippen LogP contribution in [0.4, 0.5) is 0 Å². The van der Waals surface area contributed by atoms with Gasteiger partial charge in [0.2, 0.25) is 0 Å². The van der Waals surface area contributed by atoms with Crippen molar-refractivity contribution in [2.45, 2.75) is 46.7 Å². The van der Waals surface area contributed by atoms with E-state index in [-0.39, 0.29) is 0 Å². The quantitative estimate of drug-likeness (QED) is 0.810. The number of rotatable bonds is 6. The third-order valence-corrected chi connectivity index (χ3v) is 3.20. The van der Waals surface area contributed by atoms with E-state index in [0.717, 1.165) is 12.4 Å². The monoisotopic (exact) mass is 235 g/mol. The standard InChI is InChI=1S/C15H25NO/c1-6-17-15-9-7-14(8-10-15)13(5)16-12(4)11(2)3/h7-13,16H,6H2,1-5H3. The van der Waals surface area contributed by atoms with Gasteiger partial charge in [-0.2, -0.15) is 0 Å². The van der Waals surface area contributed by atoms with Gasteiger partial charge in [-0.05, 0) is 44.4 Å². The van der Waals surface area contributed by atoms with E-state index in [1.54, 1.807) is 0 Å². The predicted molar refractivity (Wildman–Crippen MR) is 73.5 cm³/mol. The molecule has 2 nitrogen and oxygen atoms in total. The lowest BCUT2D eigenvalue weighted by atomic mass is 10.0. The lowest BCUT2D eigenvalue weighted by Crippen LogP contribution is -2.32. The molecule has 0 aliphatic carbocycles. The largest absolute Gasteiger partial charge is 0.494 e. The fraction of sp³-hybridized carbons (Fsp3) is 0.600. The first-order valence-corrected chi connectivity index (χ1v) is 6.53. The normalized spacial score (nSPS) is 14.7. The summed E-state index contributed by atoms with van der Waals surface area (Å²) in [6, 6.07) is 9.25. The third kappa shape index (κ3) is 4.39. The Morgan fingerprint density at radius 3 is 2.12 bits per heavy atom. The van der Waals surface area contributed by atoms with Crippen molar-refractivity contribution >= 4 is 0 Å². The van der Waals surface area contributed by atoms with E-state index in [2.05, 4.69) is 45.1 Å². The van der Waals surface area contributed by atoms with E-state index in [9.17, 15) is 0 Å². The van der Waals surface area contributed by atoms with Gasteiger partial charge >= 0.3 is 0 Å². The molecule has 0 spiro atoms. The van der Waals surface area contributed by atoms with Crippen LogP contribution in [-0.4, -0.2) is 12.6 Å². The average molecular weight is 235 g/mol. The Labute approximate surface area is 105 Å². The molecule has 0 aliphatic heterocycles. The van der Waals surface area contributed by atoms with E-state index >= 15 is 0 Å². The van der Waals surface area contributed by atoms with Gasteiger partial charge in [-0.15, -0.1) is 0 Å². The van der Waals surface area contributed by atoms with Crippen LogP contribution in [0.2, 0.25) is 0 Å². The minimum absolute atomic E-state index is 0.378. The van der Waals surface area contributed by atoms with Gasteiger partial charge < -0.3 is 10.1 Å². The number of hydrogen-bond acceptors (Lipinski definition) is 2. The molecule has 17 heavy (non-hydrogen) atoms. The zero-order valence-corrected chi connectivity index (χ0v) is 11.7. The summed E-state index contributed by atoms with van der Waals surface area (Å²) in [7, 11) is 0. The first kappa shape index (κ1) is 14.0. The summed E-state index contributed by atoms with van der Waals surface area (Å²) in [6.45, 7) is 11.6. The average Bonchev–Trinajstić information content (AvgIpc) is 2.30. The summed E-state index contributed by atoms with van der Waals surface area (Å²) >= 11 is 0. The molecular formula is C15H25NO. The van der Waals surface area contributed by atoms with Crippen molar-refractivity contribution in [1.29, 1.82) is 0 Å². The fourth-order valence-electron chi connectivity index (χ4n) is 1.70. The van der Waals surface area contributed by atoms with Crippen LogP contribution in [0, 0.1) is 5.92 Å². The van der Waals surface area contributed by atoms with Gasteiger partial charge in [-0.3, -0.25) is 0 Å². The molecular weight excluding hydrogens is 210 g/mol. The molecule has 0 fully saturated rings. The highest BCUT2D eigenvalue weighted by atomic mass is 16.5. The summed E-state index contributed by atoms with van der Waals surface area (Å²) in [4.78, 5) is 0. The van der Waals surface area contributed by atoms with Crippen LogP contribution in [0.25, 0.3) is 0 Å². The molecule has 0 aliphatic rings. The van der Waals surface area contributed by atoms with Crippen LogP contribution in [0.15, 0.2) is 24.3 Å². The lowest BCUT2D eigenvalue weighted by molar-refractivity contribution is 0.340. The summed E-state index contributed by atoms with van der Waals surface area (Å²) < 4.78 is 5.44. The Morgan fingerprint density at radius 2 is 1.65 bits per heavy atom. The second-order valence-electron chi connectivity index (χ2n) is 4.92. The molecule has 0 amide bonds. The van der Waals surface area contributed by atoms with Crippen molar-refractivity contribution in [3.63, 3.8) is 0 Å². The highest BCUT2D eigenvalue weighted by Crippen LogP contribution is 2.18. The predicted octanol–water partition coefficient (Wildman–Crippen LogP) is 3.78. The first-order valence-electron chi connectivity index (χ1n) is 6.53. The second kappa shape index (κ2) is 6.65. The molecule has 2 unspecified atom stereocenters. The molecule has 1 N–H and O–H groups in total. The van der Waals surface area contributed by atoms with Crippen molar-refractivity contribution in [2.75, 3.05) is 6.61 Å². The van der Waals surface area contributed by atoms with Gasteiger partial charge in [0.25, 0.3) is 0 Å². The van der Waals surface area contributed by atoms with Gasteiger partial charge in [-0.25, -0.2) is 0 Å². The molecule has 96 valence electrons. The highest BCUT2D eigenvalue weighted by Gasteiger charge is 2.11. The van der Waals surface area contributed by atoms with Crippen molar-refractivity contribution in [2.24, 2.45) is 5.92 Å². The van der Waals surface area contributed by atoms with Crippen LogP contribution in [0.3, 0.4) is 0 Å². The van der Waals surface area contributed by atoms with E-state index < -0.39 is 0 Å². The van der Waals surface area contributed by atoms with Crippen LogP contribution >= 0.6 is 0 Å². The minimum Gasteiger partial charge on any atom is -0.494 e. The summed E-state index contributed by atoms with van der Waals surface area (Å²) in [6.07, 6.45) is 0. The van der Waals surface area contributed by atoms with Crippen molar-refractivity contribution in [3.8, 4) is 5.75 Å². The number of ether oxygens (including phenoxy) is 1. The zero-order valence-electron chi connectivity index (χ0n) is 11.7. The van der Waals surface area contributed by atoms with Crippen molar-refractivity contribution < 1.29 is 4.74 Å². The maximum Gasteiger partial charge on any atom is 0.119 e. The molecule has 0 aromatic heterocycles. The molecule has 2 atom stereocenters. The SMILES string of the molecule is CCOc1ccc(C(C)NC(C)C(C)C)cc1. The van der Waals surface area contributed by atoms with E-state index in [4.69, 9.17) is 4.74 Å². The molecule has 1 aromatic carbocycles. The molecule has 1 aromatic rings. The van der Waals surface area contributed by atoms with Gasteiger partial charge in [0.1, 0.15) is 5.75 Å². The molecule has 2 heteroatoms. The second-order valence-corrected chi connectivity index (χ2v) is 4.92. The van der Waals surface area contributed by atoms with Gasteiger partial charge in [0.05, 0.1) is 6.61 Å². The third-order valence-electron chi connectivity index (χ3n) is 3.20. The summed E-state index contributed by atoms with van der Waals surface area (Å²) in [5, 5.41) is 3.61. The number of hydrogen-bond donors (Lipinski definition) is 1. The van der Waals surface area contributed by atoms with Gasteiger partial charge in [-0.1, -0.05) is 26.0 Å². The summed E-state index contributed by atoms with van der Waals surface area (Å²) in [5.74, 6) is 1.60. The number of nitrogens with one attached hydrogen (secondary N) is 1.